The molecule has 1 fully saturated rings. The summed E-state index contributed by atoms with van der Waals surface area (Å²) in [6.45, 7) is 5.32. The molecule has 5 atom stereocenters. The number of methoxy groups -OCH3 is 1. The van der Waals surface area contributed by atoms with Crippen LogP contribution < -0.4 is 15.4 Å². The number of hydrogen-bond donors (Lipinski definition) is 2. The van der Waals surface area contributed by atoms with Gasteiger partial charge in [-0.15, -0.1) is 0 Å². The number of rotatable bonds is 6. The minimum absolute atomic E-state index is 0.0308. The zero-order valence-corrected chi connectivity index (χ0v) is 25.0. The Labute approximate surface area is 252 Å². The third kappa shape index (κ3) is 9.41. The quantitative estimate of drug-likeness (QED) is 0.384. The summed E-state index contributed by atoms with van der Waals surface area (Å²) in [7, 11) is 1.57. The Balaban J connectivity index is 1.52. The van der Waals surface area contributed by atoms with Crippen molar-refractivity contribution >= 4 is 23.8 Å². The molecule has 0 radical (unpaired) electrons. The van der Waals surface area contributed by atoms with Gasteiger partial charge in [0.2, 0.25) is 17.9 Å². The SMILES string of the molecule is COc1ccc(C[C@H]2NC(=O)/C=C/C[C@@H](C[C@H]3O[C@H]3c3ccccc3)OC(=O)[C@H](C(C)(C)C)OC(=O)CCNC2=O)cc1. The van der Waals surface area contributed by atoms with Crippen molar-refractivity contribution in [3.05, 3.63) is 77.9 Å². The first-order chi connectivity index (χ1) is 20.5. The lowest BCUT2D eigenvalue weighted by Crippen LogP contribution is -2.48. The van der Waals surface area contributed by atoms with Gasteiger partial charge in [-0.2, -0.15) is 0 Å². The molecule has 0 aliphatic carbocycles. The molecule has 2 aliphatic rings. The van der Waals surface area contributed by atoms with Crippen LogP contribution in [-0.4, -0.2) is 61.8 Å². The Morgan fingerprint density at radius 1 is 0.953 bits per heavy atom. The Morgan fingerprint density at radius 2 is 1.67 bits per heavy atom. The van der Waals surface area contributed by atoms with Gasteiger partial charge in [0.25, 0.3) is 0 Å². The van der Waals surface area contributed by atoms with E-state index in [-0.39, 0.29) is 38.0 Å². The summed E-state index contributed by atoms with van der Waals surface area (Å²) in [5.41, 5.74) is 1.11. The molecule has 2 amide bonds. The average molecular weight is 593 g/mol. The third-order valence-electron chi connectivity index (χ3n) is 7.27. The van der Waals surface area contributed by atoms with Gasteiger partial charge < -0.3 is 29.6 Å². The van der Waals surface area contributed by atoms with Crippen LogP contribution in [0.15, 0.2) is 66.7 Å². The Hall–Kier alpha value is -4.18. The zero-order chi connectivity index (χ0) is 31.0. The number of ether oxygens (including phenoxy) is 4. The topological polar surface area (TPSA) is 133 Å². The van der Waals surface area contributed by atoms with E-state index in [4.69, 9.17) is 18.9 Å². The van der Waals surface area contributed by atoms with Gasteiger partial charge in [-0.25, -0.2) is 4.79 Å². The number of amides is 2. The number of hydrogen-bond acceptors (Lipinski definition) is 8. The number of carbonyl (C=O) groups is 4. The standard InChI is InChI=1S/C33H40N2O8/c1-33(2,3)30-32(39)41-24(20-26-29(42-26)22-9-6-5-7-10-22)11-8-12-27(36)35-25(31(38)34-18-17-28(37)43-30)19-21-13-15-23(40-4)16-14-21/h5-10,12-16,24-26,29-30H,11,17-20H2,1-4H3,(H,34,38)(H,35,36)/b12-8+/t24-,25+,26+,29-,30+/m0/s1. The molecule has 0 aromatic heterocycles. The van der Waals surface area contributed by atoms with Crippen molar-refractivity contribution in [2.24, 2.45) is 5.41 Å². The van der Waals surface area contributed by atoms with E-state index in [1.54, 1.807) is 46.1 Å². The second-order valence-corrected chi connectivity index (χ2v) is 11.8. The van der Waals surface area contributed by atoms with E-state index in [0.717, 1.165) is 11.1 Å². The maximum atomic E-state index is 13.3. The highest BCUT2D eigenvalue weighted by molar-refractivity contribution is 5.93. The van der Waals surface area contributed by atoms with Crippen molar-refractivity contribution in [3.63, 3.8) is 0 Å². The molecule has 230 valence electrons. The van der Waals surface area contributed by atoms with Gasteiger partial charge in [0.1, 0.15) is 24.0 Å². The van der Waals surface area contributed by atoms with Crippen LogP contribution in [0.3, 0.4) is 0 Å². The van der Waals surface area contributed by atoms with Crippen LogP contribution in [0.1, 0.15) is 57.3 Å². The summed E-state index contributed by atoms with van der Waals surface area (Å²) in [6, 6.07) is 16.1. The van der Waals surface area contributed by atoms with Crippen LogP contribution in [0.5, 0.6) is 5.75 Å². The molecule has 0 unspecified atom stereocenters. The lowest BCUT2D eigenvalue weighted by molar-refractivity contribution is -0.179. The highest BCUT2D eigenvalue weighted by Gasteiger charge is 2.43. The van der Waals surface area contributed by atoms with Gasteiger partial charge in [0.05, 0.1) is 19.6 Å². The molecule has 0 saturated carbocycles. The highest BCUT2D eigenvalue weighted by Crippen LogP contribution is 2.42. The van der Waals surface area contributed by atoms with Crippen LogP contribution in [0.2, 0.25) is 0 Å². The molecule has 1 saturated heterocycles. The summed E-state index contributed by atoms with van der Waals surface area (Å²) in [5, 5.41) is 5.44. The molecule has 2 aromatic rings. The summed E-state index contributed by atoms with van der Waals surface area (Å²) >= 11 is 0. The summed E-state index contributed by atoms with van der Waals surface area (Å²) in [4.78, 5) is 52.0. The fourth-order valence-electron chi connectivity index (χ4n) is 4.87. The molecule has 4 rings (SSSR count). The van der Waals surface area contributed by atoms with Crippen molar-refractivity contribution < 1.29 is 38.1 Å². The molecule has 2 heterocycles. The number of epoxide rings is 1. The number of esters is 2. The van der Waals surface area contributed by atoms with Crippen LogP contribution >= 0.6 is 0 Å². The van der Waals surface area contributed by atoms with Gasteiger partial charge in [-0.05, 0) is 29.3 Å². The predicted molar refractivity (Wildman–Crippen MR) is 158 cm³/mol. The lowest BCUT2D eigenvalue weighted by Gasteiger charge is -2.30. The number of nitrogens with one attached hydrogen (secondary N) is 2. The van der Waals surface area contributed by atoms with E-state index in [1.807, 2.05) is 42.5 Å². The maximum Gasteiger partial charge on any atom is 0.348 e. The van der Waals surface area contributed by atoms with E-state index < -0.39 is 47.4 Å². The van der Waals surface area contributed by atoms with E-state index in [0.29, 0.717) is 12.2 Å². The molecular formula is C33H40N2O8. The Bertz CT molecular complexity index is 1300. The van der Waals surface area contributed by atoms with E-state index in [9.17, 15) is 19.2 Å². The first kappa shape index (κ1) is 31.7. The number of benzene rings is 2. The molecule has 2 N–H and O–H groups in total. The predicted octanol–water partition coefficient (Wildman–Crippen LogP) is 3.59. The lowest BCUT2D eigenvalue weighted by atomic mass is 9.89. The van der Waals surface area contributed by atoms with Gasteiger partial charge in [-0.1, -0.05) is 69.3 Å². The normalized spacial score (nSPS) is 26.4. The second kappa shape index (κ2) is 14.3. The Morgan fingerprint density at radius 3 is 2.35 bits per heavy atom. The average Bonchev–Trinajstić information content (AvgIpc) is 3.74. The molecule has 2 aliphatic heterocycles. The molecular weight excluding hydrogens is 552 g/mol. The minimum Gasteiger partial charge on any atom is -0.497 e. The van der Waals surface area contributed by atoms with E-state index in [1.165, 1.54) is 6.08 Å². The van der Waals surface area contributed by atoms with Crippen molar-refractivity contribution in [2.45, 2.75) is 76.9 Å². The smallest absolute Gasteiger partial charge is 0.348 e. The first-order valence-electron chi connectivity index (χ1n) is 14.5. The zero-order valence-electron chi connectivity index (χ0n) is 25.0. The third-order valence-corrected chi connectivity index (χ3v) is 7.27. The van der Waals surface area contributed by atoms with Crippen molar-refractivity contribution in [1.29, 1.82) is 0 Å². The first-order valence-corrected chi connectivity index (χ1v) is 14.5. The largest absolute Gasteiger partial charge is 0.497 e. The van der Waals surface area contributed by atoms with Crippen LogP contribution in [0, 0.1) is 5.41 Å². The van der Waals surface area contributed by atoms with E-state index >= 15 is 0 Å². The molecule has 43 heavy (non-hydrogen) atoms. The fourth-order valence-corrected chi connectivity index (χ4v) is 4.87. The van der Waals surface area contributed by atoms with Crippen molar-refractivity contribution in [2.75, 3.05) is 13.7 Å². The van der Waals surface area contributed by atoms with Crippen molar-refractivity contribution in [3.8, 4) is 5.75 Å². The van der Waals surface area contributed by atoms with Gasteiger partial charge in [-0.3, -0.25) is 14.4 Å². The number of carbonyl (C=O) groups excluding carboxylic acids is 4. The monoisotopic (exact) mass is 592 g/mol. The fraction of sp³-hybridized carbons (Fsp3) is 0.455. The molecule has 10 heteroatoms. The van der Waals surface area contributed by atoms with Crippen LogP contribution in [0.4, 0.5) is 0 Å². The number of cyclic esters (lactones) is 2. The summed E-state index contributed by atoms with van der Waals surface area (Å²) < 4.78 is 22.6. The summed E-state index contributed by atoms with van der Waals surface area (Å²) in [5.74, 6) is -1.56. The molecule has 10 nitrogen and oxygen atoms in total. The van der Waals surface area contributed by atoms with Crippen molar-refractivity contribution in [1.82, 2.24) is 10.6 Å². The molecule has 2 aromatic carbocycles. The van der Waals surface area contributed by atoms with Crippen LogP contribution in [-0.2, 0) is 39.8 Å². The van der Waals surface area contributed by atoms with E-state index in [2.05, 4.69) is 10.6 Å². The van der Waals surface area contributed by atoms with Gasteiger partial charge >= 0.3 is 11.9 Å². The second-order valence-electron chi connectivity index (χ2n) is 11.8. The minimum atomic E-state index is -1.16. The van der Waals surface area contributed by atoms with Gasteiger partial charge in [0.15, 0.2) is 0 Å². The summed E-state index contributed by atoms with van der Waals surface area (Å²) in [6.07, 6.45) is 1.56. The maximum absolute atomic E-state index is 13.3. The molecule has 0 spiro atoms. The highest BCUT2D eigenvalue weighted by atomic mass is 16.6. The van der Waals surface area contributed by atoms with Crippen LogP contribution in [0.25, 0.3) is 0 Å². The molecule has 0 bridgehead atoms. The van der Waals surface area contributed by atoms with Gasteiger partial charge in [0, 0.05) is 31.2 Å². The Kier molecular flexibility index (Phi) is 10.6.